The predicted octanol–water partition coefficient (Wildman–Crippen LogP) is 3.83. The van der Waals surface area contributed by atoms with Gasteiger partial charge < -0.3 is 5.11 Å². The first-order valence-electron chi connectivity index (χ1n) is 7.92. The third-order valence-corrected chi connectivity index (χ3v) is 6.17. The van der Waals surface area contributed by atoms with Crippen molar-refractivity contribution in [1.82, 2.24) is 14.8 Å². The first-order valence-corrected chi connectivity index (χ1v) is 8.73. The Balaban J connectivity index is 1.81. The number of aromatic nitrogens is 3. The lowest BCUT2D eigenvalue weighted by Gasteiger charge is -2.36. The molecule has 0 radical (unpaired) electrons. The predicted molar refractivity (Wildman–Crippen MR) is 93.7 cm³/mol. The van der Waals surface area contributed by atoms with Crippen LogP contribution in [0.4, 0.5) is 0 Å². The molecule has 24 heavy (non-hydrogen) atoms. The number of rotatable bonds is 4. The maximum atomic E-state index is 11.7. The van der Waals surface area contributed by atoms with Crippen LogP contribution in [0.2, 0.25) is 0 Å². The zero-order valence-corrected chi connectivity index (χ0v) is 14.1. The fourth-order valence-corrected chi connectivity index (χ4v) is 4.40. The number of thioether (sulfide) groups is 1. The van der Waals surface area contributed by atoms with E-state index in [0.29, 0.717) is 18.0 Å². The van der Waals surface area contributed by atoms with Gasteiger partial charge in [0.2, 0.25) is 0 Å². The highest BCUT2D eigenvalue weighted by Gasteiger charge is 2.46. The zero-order valence-electron chi connectivity index (χ0n) is 13.3. The van der Waals surface area contributed by atoms with Gasteiger partial charge in [-0.1, -0.05) is 42.1 Å². The maximum Gasteiger partial charge on any atom is 0.320 e. The average Bonchev–Trinajstić information content (AvgIpc) is 2.99. The molecule has 1 fully saturated rings. The highest BCUT2D eigenvalue weighted by atomic mass is 32.2. The first kappa shape index (κ1) is 15.2. The third-order valence-electron chi connectivity index (χ3n) is 4.73. The third kappa shape index (κ3) is 2.29. The largest absolute Gasteiger partial charge is 0.480 e. The lowest BCUT2D eigenvalue weighted by atomic mass is 9.84. The van der Waals surface area contributed by atoms with E-state index in [1.54, 1.807) is 6.33 Å². The van der Waals surface area contributed by atoms with E-state index in [4.69, 9.17) is 0 Å². The Labute approximate surface area is 143 Å². The van der Waals surface area contributed by atoms with Gasteiger partial charge in [0.15, 0.2) is 5.16 Å². The molecule has 0 unspecified atom stereocenters. The molecule has 0 bridgehead atoms. The molecule has 0 aliphatic heterocycles. The van der Waals surface area contributed by atoms with Gasteiger partial charge in [0.25, 0.3) is 0 Å². The van der Waals surface area contributed by atoms with Crippen molar-refractivity contribution in [3.05, 3.63) is 48.3 Å². The molecule has 122 valence electrons. The Morgan fingerprint density at radius 3 is 2.62 bits per heavy atom. The molecule has 0 spiro atoms. The van der Waals surface area contributed by atoms with E-state index in [1.165, 1.54) is 22.7 Å². The van der Waals surface area contributed by atoms with Gasteiger partial charge in [-0.25, -0.2) is 0 Å². The summed E-state index contributed by atoms with van der Waals surface area (Å²) in [6, 6.07) is 12.3. The van der Waals surface area contributed by atoms with E-state index < -0.39 is 10.7 Å². The summed E-state index contributed by atoms with van der Waals surface area (Å²) in [6.07, 6.45) is 3.96. The van der Waals surface area contributed by atoms with Crippen molar-refractivity contribution < 1.29 is 9.90 Å². The summed E-state index contributed by atoms with van der Waals surface area (Å²) in [5, 5.41) is 20.7. The van der Waals surface area contributed by atoms with Crippen LogP contribution < -0.4 is 0 Å². The van der Waals surface area contributed by atoms with Crippen LogP contribution in [-0.4, -0.2) is 30.6 Å². The van der Waals surface area contributed by atoms with Gasteiger partial charge in [-0.3, -0.25) is 9.36 Å². The maximum absolute atomic E-state index is 11.7. The number of hydrogen-bond acceptors (Lipinski definition) is 4. The topological polar surface area (TPSA) is 68.0 Å². The standard InChI is InChI=1S/C18H17N3O2S/c1-12-7-8-15(14-6-3-2-5-13(12)14)21-11-19-20-17(21)24-18(16(22)23)9-4-10-18/h2-3,5-8,11H,4,9-10H2,1H3,(H,22,23). The molecule has 1 aliphatic carbocycles. The second-order valence-corrected chi connectivity index (χ2v) is 7.54. The summed E-state index contributed by atoms with van der Waals surface area (Å²) in [5.41, 5.74) is 2.18. The number of nitrogens with zero attached hydrogens (tertiary/aromatic N) is 3. The van der Waals surface area contributed by atoms with Crippen LogP contribution in [0.1, 0.15) is 24.8 Å². The molecule has 0 amide bonds. The highest BCUT2D eigenvalue weighted by Crippen LogP contribution is 2.47. The summed E-state index contributed by atoms with van der Waals surface area (Å²) in [4.78, 5) is 11.7. The van der Waals surface area contributed by atoms with Crippen LogP contribution in [0.5, 0.6) is 0 Å². The number of carbonyl (C=O) groups is 1. The van der Waals surface area contributed by atoms with Crippen molar-refractivity contribution in [2.45, 2.75) is 36.1 Å². The number of carboxylic acids is 1. The molecule has 5 nitrogen and oxygen atoms in total. The van der Waals surface area contributed by atoms with E-state index >= 15 is 0 Å². The van der Waals surface area contributed by atoms with Gasteiger partial charge in [-0.15, -0.1) is 10.2 Å². The fourth-order valence-electron chi connectivity index (χ4n) is 3.14. The van der Waals surface area contributed by atoms with Crippen LogP contribution in [0.15, 0.2) is 47.9 Å². The minimum atomic E-state index is -0.762. The smallest absolute Gasteiger partial charge is 0.320 e. The van der Waals surface area contributed by atoms with Crippen molar-refractivity contribution >= 4 is 28.5 Å². The van der Waals surface area contributed by atoms with Crippen molar-refractivity contribution in [1.29, 1.82) is 0 Å². The average molecular weight is 339 g/mol. The quantitative estimate of drug-likeness (QED) is 0.782. The molecular weight excluding hydrogens is 322 g/mol. The summed E-state index contributed by atoms with van der Waals surface area (Å²) >= 11 is 1.32. The minimum Gasteiger partial charge on any atom is -0.480 e. The van der Waals surface area contributed by atoms with Crippen molar-refractivity contribution in [3.63, 3.8) is 0 Å². The van der Waals surface area contributed by atoms with Gasteiger partial charge in [-0.05, 0) is 43.2 Å². The van der Waals surface area contributed by atoms with Gasteiger partial charge >= 0.3 is 5.97 Å². The highest BCUT2D eigenvalue weighted by molar-refractivity contribution is 8.01. The second kappa shape index (κ2) is 5.63. The van der Waals surface area contributed by atoms with E-state index in [1.807, 2.05) is 22.8 Å². The summed E-state index contributed by atoms with van der Waals surface area (Å²) in [6.45, 7) is 2.09. The Morgan fingerprint density at radius 2 is 1.96 bits per heavy atom. The molecule has 1 aliphatic rings. The number of benzene rings is 2. The van der Waals surface area contributed by atoms with E-state index in [9.17, 15) is 9.90 Å². The number of aryl methyl sites for hydroxylation is 1. The lowest BCUT2D eigenvalue weighted by molar-refractivity contribution is -0.142. The summed E-state index contributed by atoms with van der Waals surface area (Å²) < 4.78 is 1.14. The fraction of sp³-hybridized carbons (Fsp3) is 0.278. The second-order valence-electron chi connectivity index (χ2n) is 6.19. The molecule has 4 rings (SSSR count). The molecule has 3 aromatic rings. The Hall–Kier alpha value is -2.34. The van der Waals surface area contributed by atoms with Crippen LogP contribution in [0.3, 0.4) is 0 Å². The lowest BCUT2D eigenvalue weighted by Crippen LogP contribution is -2.42. The molecule has 0 atom stereocenters. The molecule has 1 aromatic heterocycles. The molecule has 1 N–H and O–H groups in total. The molecule has 1 heterocycles. The van der Waals surface area contributed by atoms with Gasteiger partial charge in [0.05, 0.1) is 5.69 Å². The van der Waals surface area contributed by atoms with E-state index in [-0.39, 0.29) is 0 Å². The van der Waals surface area contributed by atoms with Crippen LogP contribution >= 0.6 is 11.8 Å². The molecule has 6 heteroatoms. The molecule has 1 saturated carbocycles. The van der Waals surface area contributed by atoms with Crippen molar-refractivity contribution in [2.75, 3.05) is 0 Å². The van der Waals surface area contributed by atoms with Crippen LogP contribution in [0, 0.1) is 6.92 Å². The normalized spacial score (nSPS) is 16.0. The number of aliphatic carboxylic acids is 1. The van der Waals surface area contributed by atoms with Crippen LogP contribution in [-0.2, 0) is 4.79 Å². The first-order chi connectivity index (χ1) is 11.6. The Kier molecular flexibility index (Phi) is 3.57. The minimum absolute atomic E-state index is 0.631. The van der Waals surface area contributed by atoms with Crippen LogP contribution in [0.25, 0.3) is 16.5 Å². The van der Waals surface area contributed by atoms with E-state index in [0.717, 1.165) is 17.5 Å². The van der Waals surface area contributed by atoms with E-state index in [2.05, 4.69) is 35.3 Å². The zero-order chi connectivity index (χ0) is 16.7. The monoisotopic (exact) mass is 339 g/mol. The van der Waals surface area contributed by atoms with Crippen molar-refractivity contribution in [3.8, 4) is 5.69 Å². The Bertz CT molecular complexity index is 931. The summed E-state index contributed by atoms with van der Waals surface area (Å²) in [5.74, 6) is -0.762. The number of fused-ring (bicyclic) bond motifs is 1. The SMILES string of the molecule is Cc1ccc(-n2cnnc2SC2(C(=O)O)CCC2)c2ccccc12. The number of hydrogen-bond donors (Lipinski definition) is 1. The van der Waals surface area contributed by atoms with Gasteiger partial charge in [-0.2, -0.15) is 0 Å². The Morgan fingerprint density at radius 1 is 1.21 bits per heavy atom. The van der Waals surface area contributed by atoms with Crippen molar-refractivity contribution in [2.24, 2.45) is 0 Å². The molecule has 2 aromatic carbocycles. The molecular formula is C18H17N3O2S. The number of carboxylic acid groups (broad SMARTS) is 1. The van der Waals surface area contributed by atoms with Gasteiger partial charge in [0, 0.05) is 5.39 Å². The molecule has 0 saturated heterocycles. The summed E-state index contributed by atoms with van der Waals surface area (Å²) in [7, 11) is 0. The van der Waals surface area contributed by atoms with Gasteiger partial charge in [0.1, 0.15) is 11.1 Å².